The minimum Gasteiger partial charge on any atom is -0.477 e. The van der Waals surface area contributed by atoms with Gasteiger partial charge in [0.2, 0.25) is 5.88 Å². The summed E-state index contributed by atoms with van der Waals surface area (Å²) in [7, 11) is 1.90. The molecule has 1 saturated carbocycles. The molecule has 1 fully saturated rings. The summed E-state index contributed by atoms with van der Waals surface area (Å²) in [5.41, 5.74) is 1.04. The average molecular weight is 269 g/mol. The third kappa shape index (κ3) is 3.85. The van der Waals surface area contributed by atoms with Gasteiger partial charge in [0.05, 0.1) is 11.6 Å². The molecule has 1 aromatic heterocycles. The minimum absolute atomic E-state index is 0.689. The molecule has 0 spiro atoms. The molecule has 1 aliphatic carbocycles. The first-order valence-electron chi connectivity index (χ1n) is 6.71. The predicted octanol–water partition coefficient (Wildman–Crippen LogP) is 3.41. The molecule has 0 amide bonds. The number of nitrogens with zero attached hydrogens (tertiary/aromatic N) is 1. The molecular formula is C14H21ClN2O. The maximum Gasteiger partial charge on any atom is 0.213 e. The molecule has 4 heteroatoms. The summed E-state index contributed by atoms with van der Waals surface area (Å²) in [6, 6.07) is 1.93. The van der Waals surface area contributed by atoms with Crippen molar-refractivity contribution >= 4 is 11.6 Å². The van der Waals surface area contributed by atoms with Gasteiger partial charge in [-0.3, -0.25) is 0 Å². The van der Waals surface area contributed by atoms with Crippen LogP contribution in [0.15, 0.2) is 12.3 Å². The Labute approximate surface area is 114 Å². The van der Waals surface area contributed by atoms with Crippen LogP contribution in [0.25, 0.3) is 0 Å². The van der Waals surface area contributed by atoms with E-state index in [9.17, 15) is 0 Å². The molecule has 1 heterocycles. The van der Waals surface area contributed by atoms with Gasteiger partial charge in [-0.05, 0) is 31.4 Å². The number of halogens is 1. The van der Waals surface area contributed by atoms with Gasteiger partial charge in [0.25, 0.3) is 0 Å². The van der Waals surface area contributed by atoms with E-state index >= 15 is 0 Å². The number of hydrogen-bond acceptors (Lipinski definition) is 3. The largest absolute Gasteiger partial charge is 0.477 e. The average Bonchev–Trinajstić information content (AvgIpc) is 2.41. The van der Waals surface area contributed by atoms with Crippen molar-refractivity contribution in [2.24, 2.45) is 5.92 Å². The second kappa shape index (κ2) is 6.95. The van der Waals surface area contributed by atoms with E-state index in [1.165, 1.54) is 32.1 Å². The molecule has 0 atom stereocenters. The quantitative estimate of drug-likeness (QED) is 0.889. The van der Waals surface area contributed by atoms with Gasteiger partial charge in [-0.1, -0.05) is 30.9 Å². The fraction of sp³-hybridized carbons (Fsp3) is 0.643. The van der Waals surface area contributed by atoms with E-state index < -0.39 is 0 Å². The number of nitrogens with one attached hydrogen (secondary N) is 1. The Bertz CT molecular complexity index is 378. The first-order valence-corrected chi connectivity index (χ1v) is 7.09. The predicted molar refractivity (Wildman–Crippen MR) is 74.1 cm³/mol. The molecular weight excluding hydrogens is 248 g/mol. The monoisotopic (exact) mass is 268 g/mol. The Hall–Kier alpha value is -0.800. The lowest BCUT2D eigenvalue weighted by Crippen LogP contribution is -2.16. The summed E-state index contributed by atoms with van der Waals surface area (Å²) >= 11 is 6.07. The highest BCUT2D eigenvalue weighted by Crippen LogP contribution is 2.25. The zero-order valence-corrected chi connectivity index (χ0v) is 11.7. The maximum atomic E-state index is 6.07. The summed E-state index contributed by atoms with van der Waals surface area (Å²) in [6.07, 6.45) is 8.31. The summed E-state index contributed by atoms with van der Waals surface area (Å²) in [6.45, 7) is 1.52. The normalized spacial score (nSPS) is 16.8. The van der Waals surface area contributed by atoms with Crippen LogP contribution in [0.5, 0.6) is 5.88 Å². The molecule has 2 rings (SSSR count). The van der Waals surface area contributed by atoms with Crippen molar-refractivity contribution in [1.29, 1.82) is 0 Å². The lowest BCUT2D eigenvalue weighted by Gasteiger charge is -2.21. The Morgan fingerprint density at radius 1 is 1.39 bits per heavy atom. The van der Waals surface area contributed by atoms with E-state index in [0.29, 0.717) is 16.8 Å². The molecule has 100 valence electrons. The molecule has 1 aromatic rings. The highest BCUT2D eigenvalue weighted by molar-refractivity contribution is 6.31. The lowest BCUT2D eigenvalue weighted by molar-refractivity contribution is 0.202. The molecule has 1 aliphatic rings. The van der Waals surface area contributed by atoms with E-state index in [2.05, 4.69) is 10.3 Å². The smallest absolute Gasteiger partial charge is 0.213 e. The van der Waals surface area contributed by atoms with E-state index in [1.54, 1.807) is 6.20 Å². The van der Waals surface area contributed by atoms with Gasteiger partial charge in [0.1, 0.15) is 0 Å². The van der Waals surface area contributed by atoms with Crippen LogP contribution in [0.2, 0.25) is 5.02 Å². The molecule has 1 N–H and O–H groups in total. The molecule has 18 heavy (non-hydrogen) atoms. The van der Waals surface area contributed by atoms with E-state index in [4.69, 9.17) is 16.3 Å². The summed E-state index contributed by atoms with van der Waals surface area (Å²) in [5, 5.41) is 3.78. The molecule has 3 nitrogen and oxygen atoms in total. The van der Waals surface area contributed by atoms with E-state index in [0.717, 1.165) is 18.7 Å². The van der Waals surface area contributed by atoms with Crippen LogP contribution in [0.3, 0.4) is 0 Å². The Balaban J connectivity index is 1.90. The minimum atomic E-state index is 0.689. The molecule has 0 aliphatic heterocycles. The SMILES string of the molecule is CNCc1cc(OCC2CCCCC2)ncc1Cl. The number of pyridine rings is 1. The van der Waals surface area contributed by atoms with Gasteiger partial charge >= 0.3 is 0 Å². The van der Waals surface area contributed by atoms with Crippen LogP contribution >= 0.6 is 11.6 Å². The second-order valence-corrected chi connectivity index (χ2v) is 5.37. The maximum absolute atomic E-state index is 6.07. The summed E-state index contributed by atoms with van der Waals surface area (Å²) in [5.74, 6) is 1.39. The van der Waals surface area contributed by atoms with Crippen molar-refractivity contribution < 1.29 is 4.74 Å². The Morgan fingerprint density at radius 2 is 2.17 bits per heavy atom. The van der Waals surface area contributed by atoms with Crippen LogP contribution < -0.4 is 10.1 Å². The summed E-state index contributed by atoms with van der Waals surface area (Å²) in [4.78, 5) is 4.22. The van der Waals surface area contributed by atoms with Crippen molar-refractivity contribution in [3.63, 3.8) is 0 Å². The second-order valence-electron chi connectivity index (χ2n) is 4.96. The third-order valence-corrected chi connectivity index (χ3v) is 3.81. The third-order valence-electron chi connectivity index (χ3n) is 3.47. The van der Waals surface area contributed by atoms with E-state index in [1.807, 2.05) is 13.1 Å². The standard InChI is InChI=1S/C14H21ClN2O/c1-16-8-12-7-14(17-9-13(12)15)18-10-11-5-3-2-4-6-11/h7,9,11,16H,2-6,8,10H2,1H3. The molecule has 0 saturated heterocycles. The topological polar surface area (TPSA) is 34.1 Å². The lowest BCUT2D eigenvalue weighted by atomic mass is 9.90. The van der Waals surface area contributed by atoms with Crippen molar-refractivity contribution in [2.75, 3.05) is 13.7 Å². The molecule has 0 radical (unpaired) electrons. The number of aromatic nitrogens is 1. The zero-order chi connectivity index (χ0) is 12.8. The van der Waals surface area contributed by atoms with E-state index in [-0.39, 0.29) is 0 Å². The van der Waals surface area contributed by atoms with Crippen molar-refractivity contribution in [3.05, 3.63) is 22.8 Å². The summed E-state index contributed by atoms with van der Waals surface area (Å²) < 4.78 is 5.79. The molecule has 0 unspecified atom stereocenters. The highest BCUT2D eigenvalue weighted by Gasteiger charge is 2.14. The van der Waals surface area contributed by atoms with Gasteiger partial charge in [-0.15, -0.1) is 0 Å². The van der Waals surface area contributed by atoms with Crippen LogP contribution in [0, 0.1) is 5.92 Å². The van der Waals surface area contributed by atoms with Crippen LogP contribution in [0.4, 0.5) is 0 Å². The number of hydrogen-bond donors (Lipinski definition) is 1. The van der Waals surface area contributed by atoms with Gasteiger partial charge < -0.3 is 10.1 Å². The van der Waals surface area contributed by atoms with Crippen molar-refractivity contribution in [2.45, 2.75) is 38.6 Å². The molecule has 0 bridgehead atoms. The first kappa shape index (κ1) is 13.6. The fourth-order valence-corrected chi connectivity index (χ4v) is 2.59. The van der Waals surface area contributed by atoms with Gasteiger partial charge in [0, 0.05) is 18.8 Å². The van der Waals surface area contributed by atoms with Crippen LogP contribution in [0.1, 0.15) is 37.7 Å². The van der Waals surface area contributed by atoms with Gasteiger partial charge in [0.15, 0.2) is 0 Å². The fourth-order valence-electron chi connectivity index (χ4n) is 2.42. The van der Waals surface area contributed by atoms with Crippen LogP contribution in [-0.4, -0.2) is 18.6 Å². The van der Waals surface area contributed by atoms with Crippen molar-refractivity contribution in [3.8, 4) is 5.88 Å². The first-order chi connectivity index (χ1) is 8.79. The highest BCUT2D eigenvalue weighted by atomic mass is 35.5. The van der Waals surface area contributed by atoms with Gasteiger partial charge in [-0.25, -0.2) is 4.98 Å². The van der Waals surface area contributed by atoms with Gasteiger partial charge in [-0.2, -0.15) is 0 Å². The molecule has 0 aromatic carbocycles. The van der Waals surface area contributed by atoms with Crippen molar-refractivity contribution in [1.82, 2.24) is 10.3 Å². The zero-order valence-electron chi connectivity index (χ0n) is 10.9. The van der Waals surface area contributed by atoms with Crippen LogP contribution in [-0.2, 0) is 6.54 Å². The Kier molecular flexibility index (Phi) is 5.26. The number of ether oxygens (including phenoxy) is 1. The number of rotatable bonds is 5. The Morgan fingerprint density at radius 3 is 2.89 bits per heavy atom.